The van der Waals surface area contributed by atoms with Crippen molar-refractivity contribution in [2.24, 2.45) is 0 Å². The second kappa shape index (κ2) is 9.18. The number of nitrogens with one attached hydrogen (secondary N) is 1. The summed E-state index contributed by atoms with van der Waals surface area (Å²) in [5, 5.41) is 2.05. The Morgan fingerprint density at radius 3 is 2.06 bits per heavy atom. The van der Waals surface area contributed by atoms with Crippen molar-refractivity contribution in [1.29, 1.82) is 0 Å². The highest BCUT2D eigenvalue weighted by Gasteiger charge is 2.25. The molecule has 0 saturated carbocycles. The van der Waals surface area contributed by atoms with Crippen molar-refractivity contribution in [3.05, 3.63) is 59.7 Å². The molecule has 2 aromatic carbocycles. The number of fused-ring (bicyclic) bond motifs is 2. The predicted octanol–water partition coefficient (Wildman–Crippen LogP) is 4.06. The van der Waals surface area contributed by atoms with E-state index >= 15 is 0 Å². The Balaban J connectivity index is 1.96. The van der Waals surface area contributed by atoms with E-state index in [9.17, 15) is 9.59 Å². The van der Waals surface area contributed by atoms with Crippen LogP contribution in [-0.2, 0) is 31.9 Å². The first-order chi connectivity index (χ1) is 15.6. The smallest absolute Gasteiger partial charge is 0.305 e. The molecule has 166 valence electrons. The van der Waals surface area contributed by atoms with Gasteiger partial charge in [0, 0.05) is 29.1 Å². The summed E-state index contributed by atoms with van der Waals surface area (Å²) in [7, 11) is 4.41. The fourth-order valence-corrected chi connectivity index (χ4v) is 4.29. The van der Waals surface area contributed by atoms with E-state index in [0.717, 1.165) is 44.3 Å². The summed E-state index contributed by atoms with van der Waals surface area (Å²) in [6, 6.07) is 15.9. The van der Waals surface area contributed by atoms with Gasteiger partial charge in [0.2, 0.25) is 0 Å². The average Bonchev–Trinajstić information content (AvgIpc) is 3.35. The van der Waals surface area contributed by atoms with E-state index in [0.29, 0.717) is 12.8 Å². The van der Waals surface area contributed by atoms with Crippen LogP contribution in [-0.4, -0.2) is 43.0 Å². The van der Waals surface area contributed by atoms with Gasteiger partial charge in [0.25, 0.3) is 0 Å². The molecule has 0 radical (unpaired) electrons. The molecule has 7 nitrogen and oxygen atoms in total. The number of rotatable bonds is 8. The number of methoxy groups -OCH3 is 2. The predicted molar refractivity (Wildman–Crippen MR) is 122 cm³/mol. The normalized spacial score (nSPS) is 11.1. The van der Waals surface area contributed by atoms with Crippen molar-refractivity contribution in [3.8, 4) is 11.4 Å². The minimum atomic E-state index is -0.271. The van der Waals surface area contributed by atoms with E-state index in [-0.39, 0.29) is 24.8 Å². The first-order valence-corrected chi connectivity index (χ1v) is 10.5. The molecule has 0 atom stereocenters. The highest BCUT2D eigenvalue weighted by molar-refractivity contribution is 5.97. The number of para-hydroxylation sites is 2. The number of carbonyl (C=O) groups is 2. The van der Waals surface area contributed by atoms with Gasteiger partial charge in [-0.25, -0.2) is 0 Å². The van der Waals surface area contributed by atoms with E-state index in [2.05, 4.69) is 4.98 Å². The first-order valence-electron chi connectivity index (χ1n) is 10.5. The minimum absolute atomic E-state index is 0.249. The summed E-state index contributed by atoms with van der Waals surface area (Å²) < 4.78 is 11.5. The minimum Gasteiger partial charge on any atom is -0.469 e. The number of hydrogen-bond acceptors (Lipinski definition) is 5. The molecule has 0 amide bonds. The van der Waals surface area contributed by atoms with E-state index in [4.69, 9.17) is 14.3 Å². The van der Waals surface area contributed by atoms with Gasteiger partial charge < -0.3 is 19.3 Å². The lowest BCUT2D eigenvalue weighted by Gasteiger charge is -2.12. The molecule has 2 aromatic heterocycles. The zero-order valence-electron chi connectivity index (χ0n) is 18.4. The molecule has 7 heteroatoms. The zero-order valence-corrected chi connectivity index (χ0v) is 18.4. The Kier molecular flexibility index (Phi) is 6.16. The van der Waals surface area contributed by atoms with E-state index < -0.39 is 0 Å². The van der Waals surface area contributed by atoms with Crippen molar-refractivity contribution < 1.29 is 23.9 Å². The van der Waals surface area contributed by atoms with Gasteiger partial charge in [-0.15, -0.1) is 0 Å². The maximum Gasteiger partial charge on any atom is 0.305 e. The van der Waals surface area contributed by atoms with Crippen molar-refractivity contribution >= 4 is 33.7 Å². The van der Waals surface area contributed by atoms with Gasteiger partial charge in [-0.2, -0.15) is 4.73 Å². The van der Waals surface area contributed by atoms with Crippen LogP contribution in [0.3, 0.4) is 0 Å². The van der Waals surface area contributed by atoms with E-state index in [1.165, 1.54) is 14.2 Å². The summed E-state index contributed by atoms with van der Waals surface area (Å²) in [6.45, 7) is 0. The highest BCUT2D eigenvalue weighted by Crippen LogP contribution is 2.38. The molecule has 2 heterocycles. The molecule has 0 aliphatic rings. The van der Waals surface area contributed by atoms with Crippen LogP contribution >= 0.6 is 0 Å². The third-order valence-electron chi connectivity index (χ3n) is 5.78. The van der Waals surface area contributed by atoms with Crippen LogP contribution in [0, 0.1) is 0 Å². The second-order valence-corrected chi connectivity index (χ2v) is 7.50. The SMILES string of the molecule is COC(=O)CCc1c(-c2c(CCC(=O)OC)c3ccccc3n2OC)[nH]c2ccccc12. The van der Waals surface area contributed by atoms with Gasteiger partial charge in [-0.3, -0.25) is 9.59 Å². The van der Waals surface area contributed by atoms with Crippen molar-refractivity contribution in [1.82, 2.24) is 9.71 Å². The number of aromatic amines is 1. The number of carbonyl (C=O) groups excluding carboxylic acids is 2. The zero-order chi connectivity index (χ0) is 22.7. The summed E-state index contributed by atoms with van der Waals surface area (Å²) in [6.07, 6.45) is 1.51. The molecule has 1 N–H and O–H groups in total. The van der Waals surface area contributed by atoms with Crippen molar-refractivity contribution in [2.75, 3.05) is 21.3 Å². The number of aryl methyl sites for hydroxylation is 2. The molecule has 0 bridgehead atoms. The molecular weight excluding hydrogens is 408 g/mol. The monoisotopic (exact) mass is 434 g/mol. The standard InChI is InChI=1S/C25H26N2O5/c1-30-22(28)14-12-18-16-8-4-6-10-20(16)26-24(18)25-19(13-15-23(29)31-2)17-9-5-7-11-21(17)27(25)32-3/h4-11,26H,12-15H2,1-3H3. The molecule has 0 spiro atoms. The topological polar surface area (TPSA) is 82.6 Å². The Morgan fingerprint density at radius 2 is 1.41 bits per heavy atom. The van der Waals surface area contributed by atoms with Crippen LogP contribution in [0.2, 0.25) is 0 Å². The van der Waals surface area contributed by atoms with Gasteiger partial charge in [0.15, 0.2) is 0 Å². The van der Waals surface area contributed by atoms with Crippen molar-refractivity contribution in [2.45, 2.75) is 25.7 Å². The summed E-state index contributed by atoms with van der Waals surface area (Å²) in [5.41, 5.74) is 5.57. The lowest BCUT2D eigenvalue weighted by molar-refractivity contribution is -0.141. The quantitative estimate of drug-likeness (QED) is 0.423. The van der Waals surface area contributed by atoms with E-state index in [1.54, 1.807) is 11.8 Å². The van der Waals surface area contributed by atoms with Crippen LogP contribution < -0.4 is 4.84 Å². The van der Waals surface area contributed by atoms with Crippen molar-refractivity contribution in [3.63, 3.8) is 0 Å². The maximum atomic E-state index is 11.9. The van der Waals surface area contributed by atoms with E-state index in [1.807, 2.05) is 48.5 Å². The third kappa shape index (κ3) is 3.82. The maximum absolute atomic E-state index is 11.9. The molecule has 0 saturated heterocycles. The number of esters is 2. The highest BCUT2D eigenvalue weighted by atomic mass is 16.6. The van der Waals surface area contributed by atoms with Crippen LogP contribution in [0.4, 0.5) is 0 Å². The van der Waals surface area contributed by atoms with Crippen LogP contribution in [0.5, 0.6) is 0 Å². The van der Waals surface area contributed by atoms with Crippen LogP contribution in [0.25, 0.3) is 33.2 Å². The number of hydrogen-bond donors (Lipinski definition) is 1. The number of ether oxygens (including phenoxy) is 2. The van der Waals surface area contributed by atoms with Crippen LogP contribution in [0.15, 0.2) is 48.5 Å². The van der Waals surface area contributed by atoms with Gasteiger partial charge in [0.1, 0.15) is 12.8 Å². The molecule has 0 fully saturated rings. The van der Waals surface area contributed by atoms with Gasteiger partial charge in [0.05, 0.1) is 25.4 Å². The lowest BCUT2D eigenvalue weighted by Crippen LogP contribution is -2.10. The average molecular weight is 434 g/mol. The first kappa shape index (κ1) is 21.5. The Morgan fingerprint density at radius 1 is 0.812 bits per heavy atom. The number of nitrogens with zero attached hydrogens (tertiary/aromatic N) is 1. The molecule has 0 unspecified atom stereocenters. The summed E-state index contributed by atoms with van der Waals surface area (Å²) in [4.78, 5) is 33.2. The van der Waals surface area contributed by atoms with Crippen LogP contribution in [0.1, 0.15) is 24.0 Å². The van der Waals surface area contributed by atoms with Gasteiger partial charge in [-0.1, -0.05) is 36.4 Å². The number of benzene rings is 2. The molecule has 4 aromatic rings. The number of H-pyrrole nitrogens is 1. The Hall–Kier alpha value is -3.74. The summed E-state index contributed by atoms with van der Waals surface area (Å²) in [5.74, 6) is -0.535. The fourth-order valence-electron chi connectivity index (χ4n) is 4.29. The number of aromatic nitrogens is 2. The van der Waals surface area contributed by atoms with Gasteiger partial charge >= 0.3 is 11.9 Å². The molecular formula is C25H26N2O5. The summed E-state index contributed by atoms with van der Waals surface area (Å²) >= 11 is 0. The Labute approximate surface area is 185 Å². The largest absolute Gasteiger partial charge is 0.469 e. The molecule has 4 rings (SSSR count). The molecule has 0 aliphatic heterocycles. The fraction of sp³-hybridized carbons (Fsp3) is 0.280. The second-order valence-electron chi connectivity index (χ2n) is 7.50. The molecule has 0 aliphatic carbocycles. The Bertz CT molecular complexity index is 1280. The third-order valence-corrected chi connectivity index (χ3v) is 5.78. The molecule has 32 heavy (non-hydrogen) atoms. The lowest BCUT2D eigenvalue weighted by atomic mass is 9.99. The van der Waals surface area contributed by atoms with Gasteiger partial charge in [-0.05, 0) is 36.1 Å².